The van der Waals surface area contributed by atoms with Crippen LogP contribution in [0, 0.1) is 5.92 Å². The summed E-state index contributed by atoms with van der Waals surface area (Å²) in [5.41, 5.74) is 10.1. The molecule has 0 saturated carbocycles. The van der Waals surface area contributed by atoms with E-state index >= 15 is 0 Å². The van der Waals surface area contributed by atoms with Crippen LogP contribution in [0.1, 0.15) is 77.3 Å². The van der Waals surface area contributed by atoms with Crippen LogP contribution in [0.4, 0.5) is 0 Å². The van der Waals surface area contributed by atoms with Gasteiger partial charge in [-0.3, -0.25) is 4.68 Å². The van der Waals surface area contributed by atoms with E-state index < -0.39 is 0 Å². The van der Waals surface area contributed by atoms with Crippen molar-refractivity contribution in [2.45, 2.75) is 92.2 Å². The van der Waals surface area contributed by atoms with Crippen molar-refractivity contribution in [1.82, 2.24) is 9.78 Å². The third-order valence-corrected chi connectivity index (χ3v) is 4.42. The highest BCUT2D eigenvalue weighted by Gasteiger charge is 2.18. The molecule has 3 heteroatoms. The van der Waals surface area contributed by atoms with E-state index in [0.717, 1.165) is 31.7 Å². The second-order valence-corrected chi connectivity index (χ2v) is 6.36. The zero-order valence-electron chi connectivity index (χ0n) is 14.8. The van der Waals surface area contributed by atoms with E-state index in [4.69, 9.17) is 10.8 Å². The zero-order valence-corrected chi connectivity index (χ0v) is 14.8. The van der Waals surface area contributed by atoms with Gasteiger partial charge in [-0.2, -0.15) is 5.10 Å². The first-order valence-electron chi connectivity index (χ1n) is 8.90. The van der Waals surface area contributed by atoms with Gasteiger partial charge in [0, 0.05) is 18.3 Å². The maximum Gasteiger partial charge on any atom is 0.0657 e. The van der Waals surface area contributed by atoms with Gasteiger partial charge in [0.1, 0.15) is 0 Å². The molecule has 0 fully saturated rings. The summed E-state index contributed by atoms with van der Waals surface area (Å²) < 4.78 is 2.29. The molecule has 0 saturated heterocycles. The number of hydrogen-bond donors (Lipinski definition) is 1. The SMILES string of the molecule is CCCCC(CC)Cn1nc(CC)c(CC(C)N)c1CC. The lowest BCUT2D eigenvalue weighted by Crippen LogP contribution is -2.19. The second-order valence-electron chi connectivity index (χ2n) is 6.36. The first-order chi connectivity index (χ1) is 10.1. The van der Waals surface area contributed by atoms with Crippen LogP contribution in [-0.4, -0.2) is 15.8 Å². The molecule has 122 valence electrons. The van der Waals surface area contributed by atoms with Crippen LogP contribution in [0.3, 0.4) is 0 Å². The number of aryl methyl sites for hydroxylation is 1. The van der Waals surface area contributed by atoms with Crippen molar-refractivity contribution in [2.24, 2.45) is 11.7 Å². The number of rotatable bonds is 10. The summed E-state index contributed by atoms with van der Waals surface area (Å²) >= 11 is 0. The van der Waals surface area contributed by atoms with Crippen molar-refractivity contribution in [2.75, 3.05) is 0 Å². The Kier molecular flexibility index (Phi) is 8.02. The fourth-order valence-electron chi connectivity index (χ4n) is 3.14. The molecular weight excluding hydrogens is 258 g/mol. The monoisotopic (exact) mass is 293 g/mol. The Balaban J connectivity index is 2.97. The molecule has 2 N–H and O–H groups in total. The van der Waals surface area contributed by atoms with Crippen molar-refractivity contribution in [3.05, 3.63) is 17.0 Å². The summed E-state index contributed by atoms with van der Waals surface area (Å²) in [5.74, 6) is 0.753. The molecule has 21 heavy (non-hydrogen) atoms. The van der Waals surface area contributed by atoms with Crippen LogP contribution in [-0.2, 0) is 25.8 Å². The molecule has 1 aromatic rings. The van der Waals surface area contributed by atoms with E-state index in [9.17, 15) is 0 Å². The normalized spacial score (nSPS) is 14.4. The average molecular weight is 293 g/mol. The molecule has 0 radical (unpaired) electrons. The minimum absolute atomic E-state index is 0.209. The molecule has 0 spiro atoms. The topological polar surface area (TPSA) is 43.8 Å². The third-order valence-electron chi connectivity index (χ3n) is 4.42. The average Bonchev–Trinajstić information content (AvgIpc) is 2.79. The van der Waals surface area contributed by atoms with Crippen LogP contribution in [0.25, 0.3) is 0 Å². The molecule has 3 nitrogen and oxygen atoms in total. The summed E-state index contributed by atoms with van der Waals surface area (Å²) in [6.45, 7) is 12.2. The molecule has 0 amide bonds. The summed E-state index contributed by atoms with van der Waals surface area (Å²) in [4.78, 5) is 0. The summed E-state index contributed by atoms with van der Waals surface area (Å²) in [6, 6.07) is 0.209. The summed E-state index contributed by atoms with van der Waals surface area (Å²) in [5, 5.41) is 4.91. The lowest BCUT2D eigenvalue weighted by Gasteiger charge is -2.17. The van der Waals surface area contributed by atoms with Crippen molar-refractivity contribution in [3.63, 3.8) is 0 Å². The van der Waals surface area contributed by atoms with Crippen LogP contribution in [0.15, 0.2) is 0 Å². The maximum absolute atomic E-state index is 6.04. The molecule has 0 bridgehead atoms. The minimum Gasteiger partial charge on any atom is -0.328 e. The second kappa shape index (κ2) is 9.24. The maximum atomic E-state index is 6.04. The van der Waals surface area contributed by atoms with Crippen LogP contribution >= 0.6 is 0 Å². The van der Waals surface area contributed by atoms with Gasteiger partial charge in [-0.1, -0.05) is 47.0 Å². The Hall–Kier alpha value is -0.830. The van der Waals surface area contributed by atoms with Gasteiger partial charge in [0.05, 0.1) is 5.69 Å². The van der Waals surface area contributed by atoms with Gasteiger partial charge in [-0.05, 0) is 44.1 Å². The zero-order chi connectivity index (χ0) is 15.8. The molecule has 2 atom stereocenters. The first-order valence-corrected chi connectivity index (χ1v) is 8.90. The van der Waals surface area contributed by atoms with Crippen LogP contribution in [0.2, 0.25) is 0 Å². The van der Waals surface area contributed by atoms with E-state index in [1.54, 1.807) is 0 Å². The number of nitrogens with two attached hydrogens (primary N) is 1. The summed E-state index contributed by atoms with van der Waals surface area (Å²) in [6.07, 6.45) is 8.19. The quantitative estimate of drug-likeness (QED) is 0.705. The minimum atomic E-state index is 0.209. The highest BCUT2D eigenvalue weighted by atomic mass is 15.3. The third kappa shape index (κ3) is 5.14. The van der Waals surface area contributed by atoms with E-state index in [-0.39, 0.29) is 6.04 Å². The van der Waals surface area contributed by atoms with Gasteiger partial charge in [0.25, 0.3) is 0 Å². The Labute approximate surface area is 131 Å². The summed E-state index contributed by atoms with van der Waals surface area (Å²) in [7, 11) is 0. The smallest absolute Gasteiger partial charge is 0.0657 e. The van der Waals surface area contributed by atoms with Crippen LogP contribution in [0.5, 0.6) is 0 Å². The molecule has 0 aliphatic carbocycles. The highest BCUT2D eigenvalue weighted by Crippen LogP contribution is 2.22. The van der Waals surface area contributed by atoms with Gasteiger partial charge < -0.3 is 5.73 Å². The van der Waals surface area contributed by atoms with E-state index in [1.807, 2.05) is 0 Å². The predicted molar refractivity (Wildman–Crippen MR) is 91.6 cm³/mol. The Bertz CT molecular complexity index is 407. The van der Waals surface area contributed by atoms with Crippen molar-refractivity contribution >= 4 is 0 Å². The first kappa shape index (κ1) is 18.2. The fraction of sp³-hybridized carbons (Fsp3) is 0.833. The molecular formula is C18H35N3. The molecule has 1 rings (SSSR count). The highest BCUT2D eigenvalue weighted by molar-refractivity contribution is 5.27. The Morgan fingerprint density at radius 2 is 1.86 bits per heavy atom. The van der Waals surface area contributed by atoms with Crippen molar-refractivity contribution in [3.8, 4) is 0 Å². The van der Waals surface area contributed by atoms with Gasteiger partial charge in [-0.15, -0.1) is 0 Å². The number of nitrogens with zero attached hydrogens (tertiary/aromatic N) is 2. The van der Waals surface area contributed by atoms with E-state index in [0.29, 0.717) is 0 Å². The molecule has 0 aliphatic heterocycles. The molecule has 1 aromatic heterocycles. The number of aromatic nitrogens is 2. The number of hydrogen-bond acceptors (Lipinski definition) is 2. The Morgan fingerprint density at radius 1 is 1.14 bits per heavy atom. The predicted octanol–water partition coefficient (Wildman–Crippen LogP) is 4.11. The van der Waals surface area contributed by atoms with Gasteiger partial charge in [-0.25, -0.2) is 0 Å². The molecule has 1 heterocycles. The van der Waals surface area contributed by atoms with Gasteiger partial charge >= 0.3 is 0 Å². The molecule has 2 unspecified atom stereocenters. The van der Waals surface area contributed by atoms with E-state index in [2.05, 4.69) is 39.3 Å². The molecule has 0 aliphatic rings. The van der Waals surface area contributed by atoms with Crippen molar-refractivity contribution in [1.29, 1.82) is 0 Å². The van der Waals surface area contributed by atoms with Crippen LogP contribution < -0.4 is 5.73 Å². The lowest BCUT2D eigenvalue weighted by molar-refractivity contribution is 0.365. The van der Waals surface area contributed by atoms with Crippen molar-refractivity contribution < 1.29 is 0 Å². The van der Waals surface area contributed by atoms with Gasteiger partial charge in [0.2, 0.25) is 0 Å². The van der Waals surface area contributed by atoms with E-state index in [1.165, 1.54) is 42.6 Å². The van der Waals surface area contributed by atoms with Gasteiger partial charge in [0.15, 0.2) is 0 Å². The lowest BCUT2D eigenvalue weighted by atomic mass is 9.98. The fourth-order valence-corrected chi connectivity index (χ4v) is 3.14. The molecule has 0 aromatic carbocycles. The number of unbranched alkanes of at least 4 members (excludes halogenated alkanes) is 1. The Morgan fingerprint density at radius 3 is 2.33 bits per heavy atom. The largest absolute Gasteiger partial charge is 0.328 e. The standard InChI is InChI=1S/C18H35N3/c1-6-10-11-15(7-2)13-21-18(9-4)16(12-14(5)19)17(8-3)20-21/h14-15H,6-13,19H2,1-5H3.